The molecule has 1 aromatic carbocycles. The normalized spacial score (nSPS) is 14.1. The number of primary amides is 1. The molecule has 2 heterocycles. The molecule has 6 nitrogen and oxygen atoms in total. The van der Waals surface area contributed by atoms with Gasteiger partial charge in [0.2, 0.25) is 5.91 Å². The van der Waals surface area contributed by atoms with Gasteiger partial charge in [0.1, 0.15) is 5.82 Å². The number of rotatable bonds is 5. The molecule has 0 aliphatic carbocycles. The van der Waals surface area contributed by atoms with Crippen molar-refractivity contribution in [3.8, 4) is 0 Å². The minimum absolute atomic E-state index is 0.0207. The van der Waals surface area contributed by atoms with E-state index in [1.165, 1.54) is 6.42 Å². The third-order valence-electron chi connectivity index (χ3n) is 4.43. The van der Waals surface area contributed by atoms with Crippen LogP contribution in [0, 0.1) is 0 Å². The predicted octanol–water partition coefficient (Wildman–Crippen LogP) is 3.07. The van der Waals surface area contributed by atoms with Crippen LogP contribution < -0.4 is 11.1 Å². The van der Waals surface area contributed by atoms with Crippen molar-refractivity contribution in [1.82, 2.24) is 9.88 Å². The van der Waals surface area contributed by atoms with Gasteiger partial charge in [-0.2, -0.15) is 0 Å². The van der Waals surface area contributed by atoms with Crippen molar-refractivity contribution in [2.45, 2.75) is 25.8 Å². The molecule has 0 spiro atoms. The maximum absolute atomic E-state index is 12.5. The van der Waals surface area contributed by atoms with Crippen LogP contribution in [0.25, 0.3) is 0 Å². The number of carbonyl (C=O) groups is 2. The lowest BCUT2D eigenvalue weighted by Crippen LogP contribution is -2.35. The van der Waals surface area contributed by atoms with Crippen molar-refractivity contribution in [3.05, 3.63) is 58.2 Å². The van der Waals surface area contributed by atoms with Gasteiger partial charge in [-0.1, -0.05) is 23.7 Å². The summed E-state index contributed by atoms with van der Waals surface area (Å²) in [5.41, 5.74) is 7.16. The molecule has 1 aliphatic heterocycles. The summed E-state index contributed by atoms with van der Waals surface area (Å²) >= 11 is 6.29. The standard InChI is InChI=1S/C19H21ClN4O2/c20-16-10-15(19(26)24-8-2-1-3-9-24)12-23-18(16)22-11-13-4-6-14(7-5-13)17(21)25/h4-7,10,12H,1-3,8-9,11H2,(H2,21,25)(H,22,23). The zero-order valence-electron chi connectivity index (χ0n) is 14.4. The SMILES string of the molecule is NC(=O)c1ccc(CNc2ncc(C(=O)N3CCCCC3)cc2Cl)cc1. The van der Waals surface area contributed by atoms with Gasteiger partial charge in [-0.25, -0.2) is 4.98 Å². The summed E-state index contributed by atoms with van der Waals surface area (Å²) in [6.07, 6.45) is 4.82. The molecule has 0 radical (unpaired) electrons. The predicted molar refractivity (Wildman–Crippen MR) is 101 cm³/mol. The molecule has 1 aliphatic rings. The second kappa shape index (κ2) is 8.19. The van der Waals surface area contributed by atoms with E-state index >= 15 is 0 Å². The highest BCUT2D eigenvalue weighted by molar-refractivity contribution is 6.33. The fourth-order valence-corrected chi connectivity index (χ4v) is 3.17. The van der Waals surface area contributed by atoms with Crippen molar-refractivity contribution in [2.75, 3.05) is 18.4 Å². The summed E-state index contributed by atoms with van der Waals surface area (Å²) < 4.78 is 0. The molecular weight excluding hydrogens is 352 g/mol. The molecule has 136 valence electrons. The Hall–Kier alpha value is -2.60. The van der Waals surface area contributed by atoms with Crippen LogP contribution in [0.2, 0.25) is 5.02 Å². The Morgan fingerprint density at radius 3 is 2.42 bits per heavy atom. The average molecular weight is 373 g/mol. The van der Waals surface area contributed by atoms with Gasteiger partial charge < -0.3 is 16.0 Å². The Labute approximate surface area is 157 Å². The monoisotopic (exact) mass is 372 g/mol. The van der Waals surface area contributed by atoms with Gasteiger partial charge in [0.05, 0.1) is 10.6 Å². The minimum Gasteiger partial charge on any atom is -0.366 e. The lowest BCUT2D eigenvalue weighted by molar-refractivity contribution is 0.0723. The highest BCUT2D eigenvalue weighted by Gasteiger charge is 2.19. The van der Waals surface area contributed by atoms with E-state index in [4.69, 9.17) is 17.3 Å². The van der Waals surface area contributed by atoms with Crippen molar-refractivity contribution < 1.29 is 9.59 Å². The van der Waals surface area contributed by atoms with Crippen molar-refractivity contribution in [3.63, 3.8) is 0 Å². The van der Waals surface area contributed by atoms with Crippen LogP contribution in [0.4, 0.5) is 5.82 Å². The second-order valence-corrected chi connectivity index (χ2v) is 6.73. The number of anilines is 1. The van der Waals surface area contributed by atoms with Crippen LogP contribution in [0.15, 0.2) is 36.5 Å². The summed E-state index contributed by atoms with van der Waals surface area (Å²) in [4.78, 5) is 29.7. The first-order chi connectivity index (χ1) is 12.5. The maximum atomic E-state index is 12.5. The van der Waals surface area contributed by atoms with Gasteiger partial charge in [0.25, 0.3) is 5.91 Å². The van der Waals surface area contributed by atoms with E-state index in [-0.39, 0.29) is 5.91 Å². The van der Waals surface area contributed by atoms with Gasteiger partial charge in [-0.05, 0) is 43.0 Å². The van der Waals surface area contributed by atoms with Crippen LogP contribution in [0.5, 0.6) is 0 Å². The fourth-order valence-electron chi connectivity index (χ4n) is 2.94. The molecule has 0 atom stereocenters. The molecule has 2 aromatic rings. The number of halogens is 1. The molecule has 7 heteroatoms. The molecule has 1 fully saturated rings. The zero-order chi connectivity index (χ0) is 18.5. The summed E-state index contributed by atoms with van der Waals surface area (Å²) in [7, 11) is 0. The van der Waals surface area contributed by atoms with Crippen molar-refractivity contribution >= 4 is 29.2 Å². The van der Waals surface area contributed by atoms with E-state index in [1.807, 2.05) is 17.0 Å². The third kappa shape index (κ3) is 4.32. The van der Waals surface area contributed by atoms with Crippen molar-refractivity contribution in [2.24, 2.45) is 5.73 Å². The van der Waals surface area contributed by atoms with Crippen LogP contribution >= 0.6 is 11.6 Å². The molecule has 3 N–H and O–H groups in total. The number of aromatic nitrogens is 1. The smallest absolute Gasteiger partial charge is 0.255 e. The summed E-state index contributed by atoms with van der Waals surface area (Å²) in [6.45, 7) is 2.07. The van der Waals surface area contributed by atoms with Crippen LogP contribution in [-0.4, -0.2) is 34.8 Å². The Bertz CT molecular complexity index is 802. The van der Waals surface area contributed by atoms with Gasteiger partial charge >= 0.3 is 0 Å². The largest absolute Gasteiger partial charge is 0.366 e. The number of piperidine rings is 1. The van der Waals surface area contributed by atoms with E-state index in [2.05, 4.69) is 10.3 Å². The molecule has 3 rings (SSSR count). The zero-order valence-corrected chi connectivity index (χ0v) is 15.1. The maximum Gasteiger partial charge on any atom is 0.255 e. The fraction of sp³-hybridized carbons (Fsp3) is 0.316. The molecule has 0 saturated carbocycles. The Morgan fingerprint density at radius 2 is 1.81 bits per heavy atom. The van der Waals surface area contributed by atoms with E-state index in [0.29, 0.717) is 28.5 Å². The molecule has 1 aromatic heterocycles. The number of likely N-dealkylation sites (tertiary alicyclic amines) is 1. The number of benzene rings is 1. The minimum atomic E-state index is -0.455. The summed E-state index contributed by atoms with van der Waals surface area (Å²) in [5, 5.41) is 3.54. The van der Waals surface area contributed by atoms with Crippen LogP contribution in [0.3, 0.4) is 0 Å². The number of carbonyl (C=O) groups excluding carboxylic acids is 2. The Kier molecular flexibility index (Phi) is 5.73. The van der Waals surface area contributed by atoms with Gasteiger partial charge in [-0.3, -0.25) is 9.59 Å². The summed E-state index contributed by atoms with van der Waals surface area (Å²) in [6, 6.07) is 8.64. The van der Waals surface area contributed by atoms with Gasteiger partial charge in [0.15, 0.2) is 0 Å². The number of hydrogen-bond acceptors (Lipinski definition) is 4. The Morgan fingerprint density at radius 1 is 1.12 bits per heavy atom. The quantitative estimate of drug-likeness (QED) is 0.844. The Balaban J connectivity index is 1.63. The molecule has 1 saturated heterocycles. The number of nitrogens with zero attached hydrogens (tertiary/aromatic N) is 2. The molecular formula is C19H21ClN4O2. The molecule has 26 heavy (non-hydrogen) atoms. The summed E-state index contributed by atoms with van der Waals surface area (Å²) in [5.74, 6) is 0.0386. The van der Waals surface area contributed by atoms with Crippen molar-refractivity contribution in [1.29, 1.82) is 0 Å². The van der Waals surface area contributed by atoms with Crippen LogP contribution in [-0.2, 0) is 6.54 Å². The van der Waals surface area contributed by atoms with Crippen LogP contribution in [0.1, 0.15) is 45.5 Å². The van der Waals surface area contributed by atoms with Gasteiger partial charge in [0, 0.05) is 31.4 Å². The first-order valence-electron chi connectivity index (χ1n) is 8.62. The lowest BCUT2D eigenvalue weighted by atomic mass is 10.1. The first-order valence-corrected chi connectivity index (χ1v) is 9.00. The number of nitrogens with two attached hydrogens (primary N) is 1. The van der Waals surface area contributed by atoms with E-state index in [9.17, 15) is 9.59 Å². The topological polar surface area (TPSA) is 88.3 Å². The molecule has 0 unspecified atom stereocenters. The first kappa shape index (κ1) is 18.2. The number of nitrogens with one attached hydrogen (secondary N) is 1. The molecule has 2 amide bonds. The van der Waals surface area contributed by atoms with E-state index in [0.717, 1.165) is 31.5 Å². The number of amides is 2. The third-order valence-corrected chi connectivity index (χ3v) is 4.72. The number of pyridine rings is 1. The highest BCUT2D eigenvalue weighted by atomic mass is 35.5. The highest BCUT2D eigenvalue weighted by Crippen LogP contribution is 2.22. The molecule has 0 bridgehead atoms. The van der Waals surface area contributed by atoms with Gasteiger partial charge in [-0.15, -0.1) is 0 Å². The lowest BCUT2D eigenvalue weighted by Gasteiger charge is -2.26. The van der Waals surface area contributed by atoms with E-state index in [1.54, 1.807) is 24.4 Å². The van der Waals surface area contributed by atoms with E-state index < -0.39 is 5.91 Å². The second-order valence-electron chi connectivity index (χ2n) is 6.32. The average Bonchev–Trinajstić information content (AvgIpc) is 2.67. The number of hydrogen-bond donors (Lipinski definition) is 2.